The number of benzene rings is 2. The monoisotopic (exact) mass is 331 g/mol. The van der Waals surface area contributed by atoms with Gasteiger partial charge in [-0.3, -0.25) is 0 Å². The molecule has 0 unspecified atom stereocenters. The van der Waals surface area contributed by atoms with Gasteiger partial charge < -0.3 is 5.32 Å². The molecule has 1 heterocycles. The lowest BCUT2D eigenvalue weighted by molar-refractivity contribution is 0.260. The second-order valence-corrected chi connectivity index (χ2v) is 6.30. The highest BCUT2D eigenvalue weighted by Crippen LogP contribution is 2.13. The van der Waals surface area contributed by atoms with Crippen LogP contribution in [0, 0.1) is 0 Å². The van der Waals surface area contributed by atoms with E-state index in [1.807, 2.05) is 24.3 Å². The summed E-state index contributed by atoms with van der Waals surface area (Å²) in [5.74, 6) is 0. The first-order valence-electron chi connectivity index (χ1n) is 6.56. The molecule has 118 valence electrons. The third-order valence-corrected chi connectivity index (χ3v) is 4.05. The predicted molar refractivity (Wildman–Crippen MR) is 85.9 cm³/mol. The fourth-order valence-corrected chi connectivity index (χ4v) is 2.56. The van der Waals surface area contributed by atoms with E-state index in [1.165, 1.54) is 35.3 Å². The third kappa shape index (κ3) is 3.30. The molecular weight excluding hydrogens is 318 g/mol. The summed E-state index contributed by atoms with van der Waals surface area (Å²) in [5, 5.41) is 7.60. The number of carbonyl (C=O) groups is 1. The number of primary sulfonamides is 1. The van der Waals surface area contributed by atoms with Crippen LogP contribution in [-0.4, -0.2) is 24.1 Å². The summed E-state index contributed by atoms with van der Waals surface area (Å²) in [6.45, 7) is 0. The zero-order chi connectivity index (χ0) is 16.4. The van der Waals surface area contributed by atoms with Crippen LogP contribution in [0.1, 0.15) is 0 Å². The maximum absolute atomic E-state index is 12.0. The van der Waals surface area contributed by atoms with Gasteiger partial charge >= 0.3 is 6.03 Å². The average molecular weight is 331 g/mol. The highest BCUT2D eigenvalue weighted by molar-refractivity contribution is 7.89. The summed E-state index contributed by atoms with van der Waals surface area (Å²) in [7, 11) is -3.75. The Morgan fingerprint density at radius 3 is 2.48 bits per heavy atom. The number of para-hydroxylation sites is 2. The van der Waals surface area contributed by atoms with Crippen LogP contribution in [0.4, 0.5) is 10.5 Å². The minimum absolute atomic E-state index is 0.0240. The molecule has 0 saturated carbocycles. The molecule has 3 aromatic rings. The van der Waals surface area contributed by atoms with Crippen molar-refractivity contribution in [2.24, 2.45) is 5.14 Å². The molecule has 0 bridgehead atoms. The van der Waals surface area contributed by atoms with Gasteiger partial charge in [0, 0.05) is 5.69 Å². The van der Waals surface area contributed by atoms with Crippen LogP contribution in [0.2, 0.25) is 0 Å². The number of imidazole rings is 1. The number of nitrogens with one attached hydrogen (secondary N) is 2. The quantitative estimate of drug-likeness (QED) is 0.673. The number of nitrogens with two attached hydrogens (primary N) is 1. The summed E-state index contributed by atoms with van der Waals surface area (Å²) in [6.07, 6.45) is 1.49. The van der Waals surface area contributed by atoms with E-state index in [0.717, 1.165) is 11.0 Å². The van der Waals surface area contributed by atoms with E-state index < -0.39 is 16.1 Å². The van der Waals surface area contributed by atoms with Crippen molar-refractivity contribution in [1.29, 1.82) is 0 Å². The molecule has 0 aliphatic heterocycles. The molecule has 2 aromatic carbocycles. The van der Waals surface area contributed by atoms with Gasteiger partial charge in [-0.2, -0.15) is 0 Å². The number of anilines is 1. The summed E-state index contributed by atoms with van der Waals surface area (Å²) < 4.78 is 23.8. The molecule has 0 atom stereocenters. The highest BCUT2D eigenvalue weighted by Gasteiger charge is 2.09. The van der Waals surface area contributed by atoms with Crippen molar-refractivity contribution in [2.45, 2.75) is 4.90 Å². The Bertz CT molecular complexity index is 964. The van der Waals surface area contributed by atoms with Gasteiger partial charge in [0.25, 0.3) is 0 Å². The number of urea groups is 1. The van der Waals surface area contributed by atoms with Gasteiger partial charge in [-0.1, -0.05) is 12.1 Å². The lowest BCUT2D eigenvalue weighted by Crippen LogP contribution is -2.27. The Kier molecular flexibility index (Phi) is 3.72. The van der Waals surface area contributed by atoms with Crippen LogP contribution < -0.4 is 15.9 Å². The smallest absolute Gasteiger partial charge is 0.307 e. The number of sulfonamides is 1. The van der Waals surface area contributed by atoms with Gasteiger partial charge in [-0.05, 0) is 36.4 Å². The van der Waals surface area contributed by atoms with Crippen molar-refractivity contribution < 1.29 is 13.2 Å². The summed E-state index contributed by atoms with van der Waals surface area (Å²) in [6, 6.07) is 12.4. The molecule has 23 heavy (non-hydrogen) atoms. The van der Waals surface area contributed by atoms with Gasteiger partial charge in [0.15, 0.2) is 0 Å². The molecule has 3 rings (SSSR count). The summed E-state index contributed by atoms with van der Waals surface area (Å²) >= 11 is 0. The molecular formula is C14H13N5O3S. The van der Waals surface area contributed by atoms with E-state index in [0.29, 0.717) is 5.69 Å². The van der Waals surface area contributed by atoms with E-state index in [4.69, 9.17) is 5.14 Å². The fraction of sp³-hybridized carbons (Fsp3) is 0. The van der Waals surface area contributed by atoms with Crippen LogP contribution in [0.5, 0.6) is 0 Å². The van der Waals surface area contributed by atoms with E-state index in [1.54, 1.807) is 0 Å². The maximum atomic E-state index is 12.0. The van der Waals surface area contributed by atoms with Gasteiger partial charge in [0.1, 0.15) is 6.33 Å². The number of hydrogen-bond acceptors (Lipinski definition) is 4. The van der Waals surface area contributed by atoms with Crippen LogP contribution >= 0.6 is 0 Å². The second kappa shape index (κ2) is 5.71. The fourth-order valence-electron chi connectivity index (χ4n) is 2.04. The Hall–Kier alpha value is -2.91. The molecule has 0 saturated heterocycles. The van der Waals surface area contributed by atoms with Gasteiger partial charge in [-0.25, -0.2) is 33.4 Å². The Labute approximate surface area is 132 Å². The van der Waals surface area contributed by atoms with Crippen molar-refractivity contribution in [2.75, 3.05) is 10.7 Å². The van der Waals surface area contributed by atoms with E-state index in [9.17, 15) is 13.2 Å². The molecule has 1 aromatic heterocycles. The zero-order valence-corrected chi connectivity index (χ0v) is 12.6. The Balaban J connectivity index is 1.72. The number of aromatic nitrogens is 2. The number of rotatable bonds is 3. The lowest BCUT2D eigenvalue weighted by Gasteiger charge is -2.09. The first-order chi connectivity index (χ1) is 10.9. The van der Waals surface area contributed by atoms with Crippen molar-refractivity contribution in [3.63, 3.8) is 0 Å². The zero-order valence-electron chi connectivity index (χ0n) is 11.8. The predicted octanol–water partition coefficient (Wildman–Crippen LogP) is 1.46. The number of amides is 2. The minimum Gasteiger partial charge on any atom is -0.307 e. The molecule has 2 amide bonds. The number of fused-ring (bicyclic) bond motifs is 1. The molecule has 9 heteroatoms. The molecule has 0 spiro atoms. The van der Waals surface area contributed by atoms with Gasteiger partial charge in [0.05, 0.1) is 15.9 Å². The first kappa shape index (κ1) is 15.0. The molecule has 0 radical (unpaired) electrons. The third-order valence-electron chi connectivity index (χ3n) is 3.12. The molecule has 0 aliphatic carbocycles. The summed E-state index contributed by atoms with van der Waals surface area (Å²) in [5.41, 5.74) is 4.56. The largest absolute Gasteiger partial charge is 0.338 e. The summed E-state index contributed by atoms with van der Waals surface area (Å²) in [4.78, 5) is 16.1. The minimum atomic E-state index is -3.75. The van der Waals surface area contributed by atoms with E-state index in [2.05, 4.69) is 15.7 Å². The highest BCUT2D eigenvalue weighted by atomic mass is 32.2. The van der Waals surface area contributed by atoms with Crippen molar-refractivity contribution in [3.8, 4) is 0 Å². The van der Waals surface area contributed by atoms with Crippen LogP contribution in [-0.2, 0) is 10.0 Å². The van der Waals surface area contributed by atoms with Crippen LogP contribution in [0.25, 0.3) is 11.0 Å². The van der Waals surface area contributed by atoms with Crippen molar-refractivity contribution in [3.05, 3.63) is 54.9 Å². The standard InChI is InChI=1S/C14H13N5O3S/c15-23(21,22)11-7-5-10(6-8-11)17-14(20)18-19-9-16-12-3-1-2-4-13(12)19/h1-9H,(H2,15,21,22)(H2,17,18,20). The topological polar surface area (TPSA) is 119 Å². The van der Waals surface area contributed by atoms with Crippen molar-refractivity contribution >= 4 is 32.8 Å². The molecule has 4 N–H and O–H groups in total. The second-order valence-electron chi connectivity index (χ2n) is 4.74. The number of hydrogen-bond donors (Lipinski definition) is 3. The van der Waals surface area contributed by atoms with Gasteiger partial charge in [0.2, 0.25) is 10.0 Å². The normalized spacial score (nSPS) is 11.3. The number of nitrogens with zero attached hydrogens (tertiary/aromatic N) is 2. The molecule has 8 nitrogen and oxygen atoms in total. The van der Waals surface area contributed by atoms with E-state index in [-0.39, 0.29) is 4.90 Å². The van der Waals surface area contributed by atoms with Gasteiger partial charge in [-0.15, -0.1) is 0 Å². The first-order valence-corrected chi connectivity index (χ1v) is 8.11. The van der Waals surface area contributed by atoms with Crippen LogP contribution in [0.15, 0.2) is 59.8 Å². The van der Waals surface area contributed by atoms with E-state index >= 15 is 0 Å². The molecule has 0 aliphatic rings. The lowest BCUT2D eigenvalue weighted by atomic mass is 10.3. The molecule has 0 fully saturated rings. The van der Waals surface area contributed by atoms with Crippen LogP contribution in [0.3, 0.4) is 0 Å². The Morgan fingerprint density at radius 1 is 1.09 bits per heavy atom. The Morgan fingerprint density at radius 2 is 1.78 bits per heavy atom. The van der Waals surface area contributed by atoms with Crippen molar-refractivity contribution in [1.82, 2.24) is 9.66 Å². The number of carbonyl (C=O) groups excluding carboxylic acids is 1. The SMILES string of the molecule is NS(=O)(=O)c1ccc(NC(=O)Nn2cnc3ccccc32)cc1. The maximum Gasteiger partial charge on any atom is 0.338 e. The average Bonchev–Trinajstić information content (AvgIpc) is 2.90.